The summed E-state index contributed by atoms with van der Waals surface area (Å²) in [7, 11) is 1.69. The first-order valence-corrected chi connectivity index (χ1v) is 10.7. The summed E-state index contributed by atoms with van der Waals surface area (Å²) in [4.78, 5) is 26.4. The third kappa shape index (κ3) is 6.05. The van der Waals surface area contributed by atoms with Crippen molar-refractivity contribution < 1.29 is 18.0 Å². The summed E-state index contributed by atoms with van der Waals surface area (Å²) >= 11 is 1.02. The van der Waals surface area contributed by atoms with Crippen LogP contribution in [0, 0.1) is 0 Å². The van der Waals surface area contributed by atoms with E-state index in [-0.39, 0.29) is 5.91 Å². The number of nitrogens with one attached hydrogen (secondary N) is 1. The molecule has 0 unspecified atom stereocenters. The van der Waals surface area contributed by atoms with Gasteiger partial charge in [-0.15, -0.1) is 11.3 Å². The average Bonchev–Trinajstić information content (AvgIpc) is 3.38. The van der Waals surface area contributed by atoms with Crippen molar-refractivity contribution in [3.63, 3.8) is 0 Å². The SMILES string of the molecule is CN=C(NCCc1nc(C(F)(F)F)cs1)N1CCN(CC(=O)N2CCCC2)CC1. The van der Waals surface area contributed by atoms with Gasteiger partial charge in [0.05, 0.1) is 11.6 Å². The highest BCUT2D eigenvalue weighted by molar-refractivity contribution is 7.09. The minimum Gasteiger partial charge on any atom is -0.356 e. The van der Waals surface area contributed by atoms with Crippen LogP contribution in [0.25, 0.3) is 0 Å². The number of rotatable bonds is 5. The highest BCUT2D eigenvalue weighted by Gasteiger charge is 2.33. The fraction of sp³-hybridized carbons (Fsp3) is 0.722. The first-order chi connectivity index (χ1) is 13.9. The molecule has 0 aromatic carbocycles. The number of amides is 1. The molecular formula is C18H27F3N6OS. The Bertz CT molecular complexity index is 709. The minimum atomic E-state index is -4.39. The highest BCUT2D eigenvalue weighted by atomic mass is 32.1. The number of nitrogens with zero attached hydrogens (tertiary/aromatic N) is 5. The molecule has 11 heteroatoms. The molecule has 0 radical (unpaired) electrons. The molecule has 2 fully saturated rings. The van der Waals surface area contributed by atoms with Crippen molar-refractivity contribution in [3.05, 3.63) is 16.1 Å². The Balaban J connectivity index is 1.39. The zero-order valence-electron chi connectivity index (χ0n) is 16.5. The third-order valence-electron chi connectivity index (χ3n) is 5.17. The summed E-state index contributed by atoms with van der Waals surface area (Å²) in [5, 5.41) is 4.70. The predicted molar refractivity (Wildman–Crippen MR) is 106 cm³/mol. The third-order valence-corrected chi connectivity index (χ3v) is 6.07. The van der Waals surface area contributed by atoms with Gasteiger partial charge >= 0.3 is 6.18 Å². The molecule has 0 aliphatic carbocycles. The van der Waals surface area contributed by atoms with E-state index in [1.165, 1.54) is 0 Å². The van der Waals surface area contributed by atoms with Crippen LogP contribution in [0.4, 0.5) is 13.2 Å². The number of aliphatic imine (C=N–C) groups is 1. The van der Waals surface area contributed by atoms with Crippen LogP contribution in [0.15, 0.2) is 10.4 Å². The lowest BCUT2D eigenvalue weighted by Gasteiger charge is -2.36. The van der Waals surface area contributed by atoms with Gasteiger partial charge in [0, 0.05) is 64.7 Å². The number of carbonyl (C=O) groups excluding carboxylic acids is 1. The molecule has 2 aliphatic rings. The number of thiazole rings is 1. The molecule has 0 spiro atoms. The van der Waals surface area contributed by atoms with E-state index in [9.17, 15) is 18.0 Å². The molecule has 0 saturated carbocycles. The summed E-state index contributed by atoms with van der Waals surface area (Å²) < 4.78 is 37.9. The Morgan fingerprint density at radius 3 is 2.45 bits per heavy atom. The van der Waals surface area contributed by atoms with E-state index in [1.807, 2.05) is 4.90 Å². The number of alkyl halides is 3. The van der Waals surface area contributed by atoms with Crippen molar-refractivity contribution >= 4 is 23.2 Å². The fourth-order valence-corrected chi connectivity index (χ4v) is 4.35. The van der Waals surface area contributed by atoms with Gasteiger partial charge in [0.15, 0.2) is 11.7 Å². The predicted octanol–water partition coefficient (Wildman–Crippen LogP) is 1.52. The smallest absolute Gasteiger partial charge is 0.356 e. The van der Waals surface area contributed by atoms with Gasteiger partial charge in [0.25, 0.3) is 0 Å². The van der Waals surface area contributed by atoms with Crippen LogP contribution in [-0.2, 0) is 17.4 Å². The van der Waals surface area contributed by atoms with Crippen molar-refractivity contribution in [3.8, 4) is 0 Å². The Morgan fingerprint density at radius 1 is 1.17 bits per heavy atom. The Hall–Kier alpha value is -1.88. The Labute approximate surface area is 172 Å². The first kappa shape index (κ1) is 21.8. The number of hydrogen-bond acceptors (Lipinski definition) is 5. The molecule has 3 rings (SSSR count). The van der Waals surface area contributed by atoms with E-state index in [4.69, 9.17) is 0 Å². The van der Waals surface area contributed by atoms with Gasteiger partial charge < -0.3 is 15.1 Å². The van der Waals surface area contributed by atoms with Crippen LogP contribution in [-0.4, -0.2) is 91.0 Å². The fourth-order valence-electron chi connectivity index (χ4n) is 3.55. The quantitative estimate of drug-likeness (QED) is 0.565. The molecule has 1 amide bonds. The monoisotopic (exact) mass is 432 g/mol. The topological polar surface area (TPSA) is 64.1 Å². The second-order valence-corrected chi connectivity index (χ2v) is 8.14. The zero-order valence-corrected chi connectivity index (χ0v) is 17.4. The van der Waals surface area contributed by atoms with Gasteiger partial charge in [-0.25, -0.2) is 4.98 Å². The lowest BCUT2D eigenvalue weighted by Crippen LogP contribution is -2.54. The van der Waals surface area contributed by atoms with Gasteiger partial charge in [0.2, 0.25) is 5.91 Å². The van der Waals surface area contributed by atoms with Gasteiger partial charge in [-0.2, -0.15) is 13.2 Å². The van der Waals surface area contributed by atoms with E-state index >= 15 is 0 Å². The molecule has 2 aliphatic heterocycles. The molecule has 29 heavy (non-hydrogen) atoms. The lowest BCUT2D eigenvalue weighted by atomic mass is 10.3. The number of hydrogen-bond donors (Lipinski definition) is 1. The molecule has 7 nitrogen and oxygen atoms in total. The van der Waals surface area contributed by atoms with Crippen molar-refractivity contribution in [2.75, 3.05) is 59.4 Å². The van der Waals surface area contributed by atoms with E-state index in [2.05, 4.69) is 25.1 Å². The molecule has 3 heterocycles. The number of aromatic nitrogens is 1. The summed E-state index contributed by atoms with van der Waals surface area (Å²) in [6.45, 7) is 5.74. The molecule has 162 valence electrons. The number of carbonyl (C=O) groups is 1. The van der Waals surface area contributed by atoms with Crippen LogP contribution in [0.1, 0.15) is 23.5 Å². The molecule has 1 aromatic heterocycles. The maximum atomic E-state index is 12.6. The van der Waals surface area contributed by atoms with E-state index in [0.29, 0.717) is 24.5 Å². The number of halogens is 3. The highest BCUT2D eigenvalue weighted by Crippen LogP contribution is 2.30. The van der Waals surface area contributed by atoms with Crippen molar-refractivity contribution in [1.29, 1.82) is 0 Å². The summed E-state index contributed by atoms with van der Waals surface area (Å²) in [6.07, 6.45) is -1.79. The summed E-state index contributed by atoms with van der Waals surface area (Å²) in [5.41, 5.74) is -0.832. The lowest BCUT2D eigenvalue weighted by molar-refractivity contribution is -0.140. The molecule has 1 aromatic rings. The molecule has 2 saturated heterocycles. The number of piperazine rings is 1. The minimum absolute atomic E-state index is 0.208. The maximum absolute atomic E-state index is 12.6. The largest absolute Gasteiger partial charge is 0.434 e. The second kappa shape index (κ2) is 9.75. The maximum Gasteiger partial charge on any atom is 0.434 e. The van der Waals surface area contributed by atoms with Gasteiger partial charge in [-0.1, -0.05) is 0 Å². The van der Waals surface area contributed by atoms with Crippen LogP contribution in [0.3, 0.4) is 0 Å². The van der Waals surface area contributed by atoms with Crippen LogP contribution < -0.4 is 5.32 Å². The normalized spacial score (nSPS) is 19.1. The van der Waals surface area contributed by atoms with Crippen molar-refractivity contribution in [2.24, 2.45) is 4.99 Å². The van der Waals surface area contributed by atoms with E-state index in [0.717, 1.165) is 74.8 Å². The zero-order chi connectivity index (χ0) is 20.9. The van der Waals surface area contributed by atoms with E-state index < -0.39 is 11.9 Å². The molecule has 1 N–H and O–H groups in total. The second-order valence-electron chi connectivity index (χ2n) is 7.20. The molecular weight excluding hydrogens is 405 g/mol. The Morgan fingerprint density at radius 2 is 1.86 bits per heavy atom. The first-order valence-electron chi connectivity index (χ1n) is 9.84. The standard InChI is InChI=1S/C18H27F3N6OS/c1-22-17(23-5-4-15-24-14(13-29-15)18(19,20)21)27-10-8-25(9-11-27)12-16(28)26-6-2-3-7-26/h13H,2-12H2,1H3,(H,22,23). The number of likely N-dealkylation sites (tertiary alicyclic amines) is 1. The Kier molecular flexibility index (Phi) is 7.33. The molecule has 0 atom stereocenters. The summed E-state index contributed by atoms with van der Waals surface area (Å²) in [6, 6.07) is 0. The van der Waals surface area contributed by atoms with E-state index in [1.54, 1.807) is 7.05 Å². The molecule has 0 bridgehead atoms. The van der Waals surface area contributed by atoms with Crippen molar-refractivity contribution in [2.45, 2.75) is 25.4 Å². The van der Waals surface area contributed by atoms with Crippen molar-refractivity contribution in [1.82, 2.24) is 25.0 Å². The van der Waals surface area contributed by atoms with Crippen LogP contribution in [0.2, 0.25) is 0 Å². The van der Waals surface area contributed by atoms with Gasteiger partial charge in [0.1, 0.15) is 0 Å². The number of guanidine groups is 1. The van der Waals surface area contributed by atoms with Gasteiger partial charge in [-0.05, 0) is 12.8 Å². The average molecular weight is 433 g/mol. The summed E-state index contributed by atoms with van der Waals surface area (Å²) in [5.74, 6) is 0.934. The van der Waals surface area contributed by atoms with Gasteiger partial charge in [-0.3, -0.25) is 14.7 Å². The van der Waals surface area contributed by atoms with Crippen LogP contribution in [0.5, 0.6) is 0 Å². The van der Waals surface area contributed by atoms with Crippen LogP contribution >= 0.6 is 11.3 Å².